The van der Waals surface area contributed by atoms with E-state index < -0.39 is 4.92 Å². The van der Waals surface area contributed by atoms with E-state index >= 15 is 0 Å². The average Bonchev–Trinajstić information content (AvgIpc) is 3.39. The molecule has 4 aromatic rings. The minimum atomic E-state index is -0.447. The Labute approximate surface area is 176 Å². The summed E-state index contributed by atoms with van der Waals surface area (Å²) in [6.07, 6.45) is 0. The number of hydrogen-bond acceptors (Lipinski definition) is 8. The zero-order valence-corrected chi connectivity index (χ0v) is 17.2. The molecular weight excluding hydrogens is 404 g/mol. The molecule has 9 nitrogen and oxygen atoms in total. The number of benzene rings is 2. The molecule has 152 valence electrons. The van der Waals surface area contributed by atoms with Gasteiger partial charge in [0, 0.05) is 29.8 Å². The van der Waals surface area contributed by atoms with Crippen molar-refractivity contribution in [2.45, 2.75) is 31.3 Å². The molecule has 0 amide bonds. The number of nitro groups is 1. The van der Waals surface area contributed by atoms with Crippen molar-refractivity contribution in [1.82, 2.24) is 24.9 Å². The lowest BCUT2D eigenvalue weighted by atomic mass is 10.1. The molecule has 0 aliphatic heterocycles. The highest BCUT2D eigenvalue weighted by atomic mass is 32.2. The molecule has 0 fully saturated rings. The molecule has 0 atom stereocenters. The summed E-state index contributed by atoms with van der Waals surface area (Å²) in [5, 5.41) is 24.2. The van der Waals surface area contributed by atoms with Gasteiger partial charge in [-0.25, -0.2) is 0 Å². The Balaban J connectivity index is 1.49. The van der Waals surface area contributed by atoms with Crippen LogP contribution in [0.3, 0.4) is 0 Å². The van der Waals surface area contributed by atoms with Gasteiger partial charge in [0.25, 0.3) is 5.69 Å². The molecule has 0 unspecified atom stereocenters. The van der Waals surface area contributed by atoms with Crippen LogP contribution < -0.4 is 0 Å². The van der Waals surface area contributed by atoms with Crippen LogP contribution in [0, 0.1) is 17.0 Å². The molecule has 30 heavy (non-hydrogen) atoms. The Morgan fingerprint density at radius 3 is 2.63 bits per heavy atom. The van der Waals surface area contributed by atoms with Crippen LogP contribution in [0.25, 0.3) is 22.8 Å². The fourth-order valence-electron chi connectivity index (χ4n) is 2.97. The van der Waals surface area contributed by atoms with Crippen LogP contribution in [0.2, 0.25) is 0 Å². The highest BCUT2D eigenvalue weighted by Crippen LogP contribution is 2.27. The van der Waals surface area contributed by atoms with Crippen LogP contribution in [0.15, 0.2) is 58.2 Å². The minimum absolute atomic E-state index is 0.0151. The van der Waals surface area contributed by atoms with E-state index in [1.807, 2.05) is 36.6 Å². The summed E-state index contributed by atoms with van der Waals surface area (Å²) in [5.41, 5.74) is 2.85. The SMILES string of the molecule is CCn1c(SCc2nc(-c3ccc([N+](=O)[O-])cc3)no2)nnc1-c1cccc(C)c1. The topological polar surface area (TPSA) is 113 Å². The number of aryl methyl sites for hydroxylation is 1. The van der Waals surface area contributed by atoms with E-state index in [0.717, 1.165) is 28.7 Å². The van der Waals surface area contributed by atoms with Crippen LogP contribution in [0.5, 0.6) is 0 Å². The largest absolute Gasteiger partial charge is 0.338 e. The molecular formula is C20H18N6O3S. The molecule has 0 saturated carbocycles. The highest BCUT2D eigenvalue weighted by molar-refractivity contribution is 7.98. The molecule has 0 bridgehead atoms. The van der Waals surface area contributed by atoms with E-state index in [2.05, 4.69) is 26.4 Å². The van der Waals surface area contributed by atoms with Crippen LogP contribution in [-0.2, 0) is 12.3 Å². The number of non-ortho nitro benzene ring substituents is 1. The second-order valence-corrected chi connectivity index (χ2v) is 7.47. The van der Waals surface area contributed by atoms with E-state index in [1.54, 1.807) is 12.1 Å². The van der Waals surface area contributed by atoms with Gasteiger partial charge in [-0.15, -0.1) is 10.2 Å². The summed E-state index contributed by atoms with van der Waals surface area (Å²) in [5.74, 6) is 2.08. The van der Waals surface area contributed by atoms with Crippen molar-refractivity contribution in [2.75, 3.05) is 0 Å². The molecule has 0 aliphatic carbocycles. The Hall–Kier alpha value is -3.53. The van der Waals surface area contributed by atoms with Crippen molar-refractivity contribution in [2.24, 2.45) is 0 Å². The first-order valence-electron chi connectivity index (χ1n) is 9.25. The van der Waals surface area contributed by atoms with Gasteiger partial charge in [-0.1, -0.05) is 40.7 Å². The number of aromatic nitrogens is 5. The van der Waals surface area contributed by atoms with Crippen LogP contribution in [0.4, 0.5) is 5.69 Å². The molecule has 0 saturated heterocycles. The fraction of sp³-hybridized carbons (Fsp3) is 0.200. The Bertz CT molecular complexity index is 1190. The molecule has 2 aromatic carbocycles. The van der Waals surface area contributed by atoms with E-state index in [4.69, 9.17) is 4.52 Å². The second-order valence-electron chi connectivity index (χ2n) is 6.52. The summed E-state index contributed by atoms with van der Waals surface area (Å²) in [6, 6.07) is 14.2. The Morgan fingerprint density at radius 2 is 1.93 bits per heavy atom. The van der Waals surface area contributed by atoms with E-state index in [9.17, 15) is 10.1 Å². The standard InChI is InChI=1S/C20H18N6O3S/c1-3-25-19(15-6-4-5-13(2)11-15)22-23-20(25)30-12-17-21-18(24-29-17)14-7-9-16(10-8-14)26(27)28/h4-11H,3,12H2,1-2H3. The average molecular weight is 422 g/mol. The smallest absolute Gasteiger partial charge is 0.269 e. The predicted octanol–water partition coefficient (Wildman–Crippen LogP) is 4.52. The number of hydrogen-bond donors (Lipinski definition) is 0. The summed E-state index contributed by atoms with van der Waals surface area (Å²) >= 11 is 1.46. The monoisotopic (exact) mass is 422 g/mol. The Morgan fingerprint density at radius 1 is 1.13 bits per heavy atom. The van der Waals surface area contributed by atoms with Crippen LogP contribution in [0.1, 0.15) is 18.4 Å². The summed E-state index contributed by atoms with van der Waals surface area (Å²) in [7, 11) is 0. The number of rotatable bonds is 7. The fourth-order valence-corrected chi connectivity index (χ4v) is 3.81. The van der Waals surface area contributed by atoms with Crippen molar-refractivity contribution in [1.29, 1.82) is 0 Å². The molecule has 10 heteroatoms. The first-order valence-corrected chi connectivity index (χ1v) is 10.2. The van der Waals surface area contributed by atoms with Gasteiger partial charge in [0.15, 0.2) is 11.0 Å². The minimum Gasteiger partial charge on any atom is -0.338 e. The lowest BCUT2D eigenvalue weighted by Gasteiger charge is -2.07. The molecule has 0 N–H and O–H groups in total. The number of nitro benzene ring substituents is 1. The lowest BCUT2D eigenvalue weighted by Crippen LogP contribution is -2.00. The van der Waals surface area contributed by atoms with Gasteiger partial charge in [0.05, 0.1) is 10.7 Å². The van der Waals surface area contributed by atoms with Crippen molar-refractivity contribution >= 4 is 17.4 Å². The third-order valence-corrected chi connectivity index (χ3v) is 5.39. The number of thioether (sulfide) groups is 1. The van der Waals surface area contributed by atoms with E-state index in [-0.39, 0.29) is 5.69 Å². The maximum absolute atomic E-state index is 10.8. The van der Waals surface area contributed by atoms with Gasteiger partial charge in [0.1, 0.15) is 0 Å². The molecule has 2 heterocycles. The maximum Gasteiger partial charge on any atom is 0.269 e. The summed E-state index contributed by atoms with van der Waals surface area (Å²) in [6.45, 7) is 4.83. The predicted molar refractivity (Wildman–Crippen MR) is 112 cm³/mol. The van der Waals surface area contributed by atoms with Crippen molar-refractivity contribution < 1.29 is 9.45 Å². The Kier molecular flexibility index (Phi) is 5.57. The van der Waals surface area contributed by atoms with Gasteiger partial charge in [-0.3, -0.25) is 10.1 Å². The first-order chi connectivity index (χ1) is 14.5. The molecule has 0 radical (unpaired) electrons. The maximum atomic E-state index is 10.8. The molecule has 4 rings (SSSR count). The van der Waals surface area contributed by atoms with E-state index in [0.29, 0.717) is 23.0 Å². The second kappa shape index (κ2) is 8.46. The normalized spacial score (nSPS) is 11.0. The van der Waals surface area contributed by atoms with Gasteiger partial charge in [0.2, 0.25) is 11.7 Å². The van der Waals surface area contributed by atoms with Gasteiger partial charge in [-0.05, 0) is 32.0 Å². The quantitative estimate of drug-likeness (QED) is 0.243. The van der Waals surface area contributed by atoms with Gasteiger partial charge >= 0.3 is 0 Å². The van der Waals surface area contributed by atoms with Gasteiger partial charge in [-0.2, -0.15) is 4.98 Å². The zero-order valence-electron chi connectivity index (χ0n) is 16.3. The van der Waals surface area contributed by atoms with Crippen LogP contribution >= 0.6 is 11.8 Å². The van der Waals surface area contributed by atoms with Crippen molar-refractivity contribution in [3.05, 3.63) is 70.1 Å². The van der Waals surface area contributed by atoms with Crippen molar-refractivity contribution in [3.8, 4) is 22.8 Å². The summed E-state index contributed by atoms with van der Waals surface area (Å²) < 4.78 is 7.37. The lowest BCUT2D eigenvalue weighted by molar-refractivity contribution is -0.384. The third kappa shape index (κ3) is 4.08. The third-order valence-electron chi connectivity index (χ3n) is 4.44. The number of nitrogens with zero attached hydrogens (tertiary/aromatic N) is 6. The van der Waals surface area contributed by atoms with Crippen molar-refractivity contribution in [3.63, 3.8) is 0 Å². The van der Waals surface area contributed by atoms with Crippen LogP contribution in [-0.4, -0.2) is 29.8 Å². The molecule has 0 aliphatic rings. The van der Waals surface area contributed by atoms with E-state index in [1.165, 1.54) is 23.9 Å². The first kappa shape index (κ1) is 19.8. The highest BCUT2D eigenvalue weighted by Gasteiger charge is 2.16. The summed E-state index contributed by atoms with van der Waals surface area (Å²) in [4.78, 5) is 14.7. The molecule has 2 aromatic heterocycles. The molecule has 0 spiro atoms. The van der Waals surface area contributed by atoms with Gasteiger partial charge < -0.3 is 9.09 Å². The zero-order chi connectivity index (χ0) is 21.1.